The van der Waals surface area contributed by atoms with Crippen molar-refractivity contribution >= 4 is 26.8 Å². The number of benzene rings is 2. The molecule has 0 fully saturated rings. The molecule has 3 rings (SSSR count). The lowest BCUT2D eigenvalue weighted by Crippen LogP contribution is -2.05. The topological polar surface area (TPSA) is 70.8 Å². The Kier molecular flexibility index (Phi) is 4.94. The van der Waals surface area contributed by atoms with Crippen LogP contribution in [0.3, 0.4) is 0 Å². The van der Waals surface area contributed by atoms with Crippen LogP contribution in [0.15, 0.2) is 44.0 Å². The second-order valence-corrected chi connectivity index (χ2v) is 6.02. The third-order valence-corrected chi connectivity index (χ3v) is 4.10. The molecule has 1 heterocycles. The van der Waals surface area contributed by atoms with Gasteiger partial charge in [-0.1, -0.05) is 15.9 Å². The zero-order chi connectivity index (χ0) is 18.0. The summed E-state index contributed by atoms with van der Waals surface area (Å²) in [4.78, 5) is 16.9. The Hall–Kier alpha value is -2.54. The molecule has 0 unspecified atom stereocenters. The predicted octanol–water partition coefficient (Wildman–Crippen LogP) is 4.03. The van der Waals surface area contributed by atoms with Gasteiger partial charge >= 0.3 is 5.63 Å². The number of hydrogen-bond acceptors (Lipinski definition) is 6. The van der Waals surface area contributed by atoms with E-state index in [2.05, 4.69) is 20.9 Å². The van der Waals surface area contributed by atoms with E-state index in [4.69, 9.17) is 18.6 Å². The standard InChI is InChI=1S/C18H16BrNO5/c1-4-24-14-6-5-10(19)7-12(14)17-20-13-9-16(23-3)15(22-2)8-11(13)18(21)25-17/h5-9H,4H2,1-3H3. The zero-order valence-electron chi connectivity index (χ0n) is 14.0. The van der Waals surface area contributed by atoms with E-state index in [1.807, 2.05) is 13.0 Å². The van der Waals surface area contributed by atoms with E-state index >= 15 is 0 Å². The number of hydrogen-bond donors (Lipinski definition) is 0. The smallest absolute Gasteiger partial charge is 0.347 e. The molecule has 130 valence electrons. The highest BCUT2D eigenvalue weighted by Gasteiger charge is 2.16. The number of aromatic nitrogens is 1. The monoisotopic (exact) mass is 405 g/mol. The maximum Gasteiger partial charge on any atom is 0.347 e. The van der Waals surface area contributed by atoms with Gasteiger partial charge in [-0.3, -0.25) is 0 Å². The van der Waals surface area contributed by atoms with E-state index < -0.39 is 5.63 Å². The van der Waals surface area contributed by atoms with E-state index in [-0.39, 0.29) is 5.89 Å². The Labute approximate surface area is 152 Å². The average Bonchev–Trinajstić information content (AvgIpc) is 2.62. The molecule has 1 aromatic heterocycles. The molecule has 0 bridgehead atoms. The molecule has 0 atom stereocenters. The molecule has 6 nitrogen and oxygen atoms in total. The van der Waals surface area contributed by atoms with Gasteiger partial charge in [-0.15, -0.1) is 0 Å². The van der Waals surface area contributed by atoms with Gasteiger partial charge in [-0.2, -0.15) is 0 Å². The van der Waals surface area contributed by atoms with Crippen LogP contribution in [0.2, 0.25) is 0 Å². The Balaban J connectivity index is 2.25. The second kappa shape index (κ2) is 7.14. The minimum atomic E-state index is -0.511. The normalized spacial score (nSPS) is 10.7. The maximum atomic E-state index is 12.4. The van der Waals surface area contributed by atoms with Gasteiger partial charge in [0.2, 0.25) is 5.89 Å². The Morgan fingerprint density at radius 2 is 1.80 bits per heavy atom. The molecular weight excluding hydrogens is 390 g/mol. The minimum absolute atomic E-state index is 0.175. The van der Waals surface area contributed by atoms with Gasteiger partial charge in [-0.05, 0) is 25.1 Å². The van der Waals surface area contributed by atoms with Gasteiger partial charge in [0.1, 0.15) is 5.75 Å². The maximum absolute atomic E-state index is 12.4. The summed E-state index contributed by atoms with van der Waals surface area (Å²) in [6.07, 6.45) is 0. The molecular formula is C18H16BrNO5. The Bertz CT molecular complexity index is 983. The van der Waals surface area contributed by atoms with Gasteiger partial charge < -0.3 is 18.6 Å². The highest BCUT2D eigenvalue weighted by molar-refractivity contribution is 9.10. The third-order valence-electron chi connectivity index (χ3n) is 3.61. The average molecular weight is 406 g/mol. The summed E-state index contributed by atoms with van der Waals surface area (Å²) in [5.74, 6) is 1.68. The summed E-state index contributed by atoms with van der Waals surface area (Å²) in [6, 6.07) is 8.64. The Morgan fingerprint density at radius 3 is 2.48 bits per heavy atom. The molecule has 0 N–H and O–H groups in total. The molecule has 3 aromatic rings. The van der Waals surface area contributed by atoms with Crippen LogP contribution >= 0.6 is 15.9 Å². The van der Waals surface area contributed by atoms with Gasteiger partial charge in [0, 0.05) is 16.6 Å². The van der Waals surface area contributed by atoms with Crippen molar-refractivity contribution in [3.8, 4) is 28.7 Å². The highest BCUT2D eigenvalue weighted by Crippen LogP contribution is 2.34. The van der Waals surface area contributed by atoms with Crippen LogP contribution in [-0.4, -0.2) is 25.8 Å². The fourth-order valence-corrected chi connectivity index (χ4v) is 2.83. The van der Waals surface area contributed by atoms with Crippen LogP contribution in [0.5, 0.6) is 17.2 Å². The molecule has 0 spiro atoms. The van der Waals surface area contributed by atoms with Gasteiger partial charge in [0.15, 0.2) is 11.5 Å². The first-order valence-electron chi connectivity index (χ1n) is 7.57. The predicted molar refractivity (Wildman–Crippen MR) is 97.7 cm³/mol. The van der Waals surface area contributed by atoms with Crippen molar-refractivity contribution in [2.45, 2.75) is 6.92 Å². The molecule has 0 aliphatic rings. The van der Waals surface area contributed by atoms with E-state index in [1.165, 1.54) is 14.2 Å². The van der Waals surface area contributed by atoms with Crippen molar-refractivity contribution in [2.75, 3.05) is 20.8 Å². The van der Waals surface area contributed by atoms with E-state index in [0.717, 1.165) is 4.47 Å². The number of fused-ring (bicyclic) bond motifs is 1. The summed E-state index contributed by atoms with van der Waals surface area (Å²) >= 11 is 3.42. The van der Waals surface area contributed by atoms with Crippen LogP contribution in [-0.2, 0) is 0 Å². The van der Waals surface area contributed by atoms with Crippen LogP contribution in [0.4, 0.5) is 0 Å². The fourth-order valence-electron chi connectivity index (χ4n) is 2.47. The summed E-state index contributed by atoms with van der Waals surface area (Å²) in [5.41, 5.74) is 0.528. The van der Waals surface area contributed by atoms with Crippen LogP contribution < -0.4 is 19.8 Å². The van der Waals surface area contributed by atoms with Gasteiger partial charge in [0.25, 0.3) is 0 Å². The van der Waals surface area contributed by atoms with Crippen molar-refractivity contribution in [3.63, 3.8) is 0 Å². The minimum Gasteiger partial charge on any atom is -0.493 e. The first-order chi connectivity index (χ1) is 12.1. The van der Waals surface area contributed by atoms with Gasteiger partial charge in [0.05, 0.1) is 37.3 Å². The number of methoxy groups -OCH3 is 2. The van der Waals surface area contributed by atoms with Crippen molar-refractivity contribution in [1.29, 1.82) is 0 Å². The number of rotatable bonds is 5. The van der Waals surface area contributed by atoms with Crippen LogP contribution in [0.1, 0.15) is 6.92 Å². The summed E-state index contributed by atoms with van der Waals surface area (Å²) in [6.45, 7) is 2.37. The SMILES string of the molecule is CCOc1ccc(Br)cc1-c1nc2cc(OC)c(OC)cc2c(=O)o1. The number of ether oxygens (including phenoxy) is 3. The lowest BCUT2D eigenvalue weighted by molar-refractivity contribution is 0.340. The first-order valence-corrected chi connectivity index (χ1v) is 8.36. The number of nitrogens with zero attached hydrogens (tertiary/aromatic N) is 1. The van der Waals surface area contributed by atoms with E-state index in [0.29, 0.717) is 40.3 Å². The summed E-state index contributed by atoms with van der Waals surface area (Å²) < 4.78 is 22.4. The Morgan fingerprint density at radius 1 is 1.08 bits per heavy atom. The molecule has 0 saturated carbocycles. The molecule has 0 aliphatic heterocycles. The van der Waals surface area contributed by atoms with E-state index in [1.54, 1.807) is 24.3 Å². The molecule has 0 amide bonds. The molecule has 0 aliphatic carbocycles. The summed E-state index contributed by atoms with van der Waals surface area (Å²) in [7, 11) is 3.03. The summed E-state index contributed by atoms with van der Waals surface area (Å²) in [5, 5.41) is 0.314. The first kappa shape index (κ1) is 17.3. The molecule has 0 radical (unpaired) electrons. The van der Waals surface area contributed by atoms with Gasteiger partial charge in [-0.25, -0.2) is 9.78 Å². The van der Waals surface area contributed by atoms with Crippen molar-refractivity contribution in [3.05, 3.63) is 45.2 Å². The van der Waals surface area contributed by atoms with Crippen molar-refractivity contribution < 1.29 is 18.6 Å². The third kappa shape index (κ3) is 3.32. The molecule has 0 saturated heterocycles. The van der Waals surface area contributed by atoms with Crippen molar-refractivity contribution in [1.82, 2.24) is 4.98 Å². The largest absolute Gasteiger partial charge is 0.493 e. The lowest BCUT2D eigenvalue weighted by atomic mass is 10.2. The van der Waals surface area contributed by atoms with Crippen LogP contribution in [0.25, 0.3) is 22.4 Å². The van der Waals surface area contributed by atoms with E-state index in [9.17, 15) is 4.79 Å². The fraction of sp³-hybridized carbons (Fsp3) is 0.222. The zero-order valence-corrected chi connectivity index (χ0v) is 15.5. The molecule has 2 aromatic carbocycles. The highest BCUT2D eigenvalue weighted by atomic mass is 79.9. The number of halogens is 1. The lowest BCUT2D eigenvalue weighted by Gasteiger charge is -2.11. The molecule has 7 heteroatoms. The van der Waals surface area contributed by atoms with Crippen molar-refractivity contribution in [2.24, 2.45) is 0 Å². The quantitative estimate of drug-likeness (QED) is 0.637. The second-order valence-electron chi connectivity index (χ2n) is 5.10. The van der Waals surface area contributed by atoms with Crippen LogP contribution in [0, 0.1) is 0 Å². The molecule has 25 heavy (non-hydrogen) atoms.